The smallest absolute Gasteiger partial charge is 0.386 e. The molecule has 0 amide bonds. The van der Waals surface area contributed by atoms with Crippen molar-refractivity contribution in [2.24, 2.45) is 5.16 Å². The molecule has 0 unspecified atom stereocenters. The summed E-state index contributed by atoms with van der Waals surface area (Å²) < 4.78 is 99.1. The van der Waals surface area contributed by atoms with E-state index in [9.17, 15) is 34.8 Å². The second-order valence-corrected chi connectivity index (χ2v) is 6.62. The van der Waals surface area contributed by atoms with Crippen LogP contribution >= 0.6 is 0 Å². The number of aryl methyl sites for hydroxylation is 1. The zero-order valence-corrected chi connectivity index (χ0v) is 13.1. The van der Waals surface area contributed by atoms with Gasteiger partial charge >= 0.3 is 21.8 Å². The van der Waals surface area contributed by atoms with Gasteiger partial charge in [-0.15, -0.1) is 0 Å². The number of halogens is 6. The Morgan fingerprint density at radius 1 is 1.08 bits per heavy atom. The van der Waals surface area contributed by atoms with E-state index in [1.807, 2.05) is 0 Å². The Kier molecular flexibility index (Phi) is 5.21. The standard InChI is InChI=1S/C13H11F6NO4S/c14-12(15,16)7-23-20-11-3-1-2-8-6-9(4-5-10(8)11)24-25(21,22)13(17,18)19/h4-6H,1-3,7H2/b20-11-. The highest BCUT2D eigenvalue weighted by molar-refractivity contribution is 7.88. The Labute approximate surface area is 138 Å². The molecular weight excluding hydrogens is 380 g/mol. The molecule has 0 heterocycles. The minimum atomic E-state index is -5.80. The van der Waals surface area contributed by atoms with Crippen LogP contribution in [0, 0.1) is 0 Å². The monoisotopic (exact) mass is 391 g/mol. The summed E-state index contributed by atoms with van der Waals surface area (Å²) >= 11 is 0. The van der Waals surface area contributed by atoms with Gasteiger partial charge in [0.25, 0.3) is 0 Å². The molecule has 1 aliphatic rings. The average molecular weight is 391 g/mol. The van der Waals surface area contributed by atoms with Crippen LogP contribution in [0.4, 0.5) is 26.3 Å². The van der Waals surface area contributed by atoms with Crippen molar-refractivity contribution < 1.29 is 43.8 Å². The molecule has 12 heteroatoms. The largest absolute Gasteiger partial charge is 0.534 e. The van der Waals surface area contributed by atoms with Crippen molar-refractivity contribution in [3.05, 3.63) is 29.3 Å². The van der Waals surface area contributed by atoms with Gasteiger partial charge in [-0.25, -0.2) is 0 Å². The van der Waals surface area contributed by atoms with Crippen LogP contribution in [0.5, 0.6) is 5.75 Å². The van der Waals surface area contributed by atoms with Crippen LogP contribution in [0.15, 0.2) is 23.4 Å². The van der Waals surface area contributed by atoms with Gasteiger partial charge in [0, 0.05) is 5.56 Å². The summed E-state index contributed by atoms with van der Waals surface area (Å²) in [6, 6.07) is 3.27. The third-order valence-corrected chi connectivity index (χ3v) is 4.12. The maximum atomic E-state index is 12.3. The van der Waals surface area contributed by atoms with Gasteiger partial charge in [-0.1, -0.05) is 5.16 Å². The SMILES string of the molecule is O=S(=O)(Oc1ccc2c(c1)CCC/C2=N/OCC(F)(F)F)C(F)(F)F. The molecule has 1 aliphatic carbocycles. The lowest BCUT2D eigenvalue weighted by atomic mass is 9.90. The Morgan fingerprint density at radius 3 is 2.36 bits per heavy atom. The number of hydrogen-bond donors (Lipinski definition) is 0. The molecule has 0 spiro atoms. The molecule has 25 heavy (non-hydrogen) atoms. The van der Waals surface area contributed by atoms with Gasteiger partial charge in [0.05, 0.1) is 5.71 Å². The van der Waals surface area contributed by atoms with Gasteiger partial charge in [0.1, 0.15) is 5.75 Å². The van der Waals surface area contributed by atoms with Crippen molar-refractivity contribution in [3.63, 3.8) is 0 Å². The van der Waals surface area contributed by atoms with Crippen LogP contribution < -0.4 is 4.18 Å². The molecule has 1 aromatic rings. The van der Waals surface area contributed by atoms with E-state index in [0.717, 1.165) is 12.1 Å². The number of benzene rings is 1. The molecule has 1 aromatic carbocycles. The zero-order valence-electron chi connectivity index (χ0n) is 12.3. The van der Waals surface area contributed by atoms with E-state index in [1.165, 1.54) is 6.07 Å². The van der Waals surface area contributed by atoms with Crippen molar-refractivity contribution in [2.75, 3.05) is 6.61 Å². The minimum absolute atomic E-state index is 0.190. The van der Waals surface area contributed by atoms with Crippen LogP contribution in [-0.4, -0.2) is 32.4 Å². The second-order valence-electron chi connectivity index (χ2n) is 5.08. The van der Waals surface area contributed by atoms with Crippen LogP contribution in [0.2, 0.25) is 0 Å². The average Bonchev–Trinajstić information content (AvgIpc) is 2.44. The van der Waals surface area contributed by atoms with Gasteiger partial charge < -0.3 is 9.02 Å². The van der Waals surface area contributed by atoms with E-state index in [-0.39, 0.29) is 5.71 Å². The second kappa shape index (κ2) is 6.73. The molecular formula is C13H11F6NO4S. The fraction of sp³-hybridized carbons (Fsp3) is 0.462. The number of rotatable bonds is 4. The third kappa shape index (κ3) is 5.00. The molecule has 0 fully saturated rings. The quantitative estimate of drug-likeness (QED) is 0.341. The molecule has 140 valence electrons. The van der Waals surface area contributed by atoms with Gasteiger partial charge in [-0.05, 0) is 43.0 Å². The summed E-state index contributed by atoms with van der Waals surface area (Å²) in [6.07, 6.45) is -3.41. The highest BCUT2D eigenvalue weighted by Crippen LogP contribution is 2.30. The summed E-state index contributed by atoms with van der Waals surface area (Å²) in [6.45, 7) is -1.57. The topological polar surface area (TPSA) is 65.0 Å². The summed E-state index contributed by atoms with van der Waals surface area (Å²) in [5, 5.41) is 3.41. The Bertz CT molecular complexity index is 770. The fourth-order valence-corrected chi connectivity index (χ4v) is 2.59. The van der Waals surface area contributed by atoms with E-state index >= 15 is 0 Å². The first-order valence-electron chi connectivity index (χ1n) is 6.79. The van der Waals surface area contributed by atoms with E-state index in [2.05, 4.69) is 14.2 Å². The van der Waals surface area contributed by atoms with Gasteiger partial charge in [0.15, 0.2) is 0 Å². The molecule has 0 aromatic heterocycles. The number of oxime groups is 1. The minimum Gasteiger partial charge on any atom is -0.386 e. The molecule has 0 radical (unpaired) electrons. The predicted molar refractivity (Wildman–Crippen MR) is 73.5 cm³/mol. The van der Waals surface area contributed by atoms with Crippen LogP contribution in [0.1, 0.15) is 24.0 Å². The maximum absolute atomic E-state index is 12.3. The lowest BCUT2D eigenvalue weighted by Gasteiger charge is -2.19. The lowest BCUT2D eigenvalue weighted by molar-refractivity contribution is -0.173. The summed E-state index contributed by atoms with van der Waals surface area (Å²) in [5.74, 6) is -0.548. The summed E-state index contributed by atoms with van der Waals surface area (Å²) in [4.78, 5) is 4.24. The molecule has 2 rings (SSSR count). The molecule has 0 N–H and O–H groups in total. The molecule has 0 saturated carbocycles. The summed E-state index contributed by atoms with van der Waals surface area (Å²) in [5.41, 5.74) is -4.61. The summed E-state index contributed by atoms with van der Waals surface area (Å²) in [7, 11) is -5.80. The molecule has 0 aliphatic heterocycles. The number of nitrogens with zero attached hydrogens (tertiary/aromatic N) is 1. The predicted octanol–water partition coefficient (Wildman–Crippen LogP) is 3.53. The van der Waals surface area contributed by atoms with Crippen molar-refractivity contribution in [3.8, 4) is 5.75 Å². The van der Waals surface area contributed by atoms with Gasteiger partial charge in [-0.3, -0.25) is 0 Å². The van der Waals surface area contributed by atoms with E-state index in [4.69, 9.17) is 0 Å². The Hall–Kier alpha value is -1.98. The van der Waals surface area contributed by atoms with Gasteiger partial charge in [-0.2, -0.15) is 34.8 Å². The fourth-order valence-electron chi connectivity index (χ4n) is 2.14. The van der Waals surface area contributed by atoms with Crippen LogP contribution in [0.25, 0.3) is 0 Å². The van der Waals surface area contributed by atoms with Crippen molar-refractivity contribution in [1.29, 1.82) is 0 Å². The van der Waals surface area contributed by atoms with E-state index in [1.54, 1.807) is 0 Å². The first kappa shape index (κ1) is 19.3. The van der Waals surface area contributed by atoms with E-state index < -0.39 is 34.2 Å². The Morgan fingerprint density at radius 2 is 1.76 bits per heavy atom. The number of fused-ring (bicyclic) bond motifs is 1. The molecule has 0 bridgehead atoms. The van der Waals surface area contributed by atoms with Crippen LogP contribution in [-0.2, 0) is 21.4 Å². The molecule has 5 nitrogen and oxygen atoms in total. The number of hydrogen-bond acceptors (Lipinski definition) is 5. The lowest BCUT2D eigenvalue weighted by Crippen LogP contribution is -2.28. The van der Waals surface area contributed by atoms with Crippen molar-refractivity contribution in [1.82, 2.24) is 0 Å². The third-order valence-electron chi connectivity index (χ3n) is 3.14. The van der Waals surface area contributed by atoms with Gasteiger partial charge in [0.2, 0.25) is 6.61 Å². The Balaban J connectivity index is 2.21. The maximum Gasteiger partial charge on any atom is 0.534 e. The highest BCUT2D eigenvalue weighted by Gasteiger charge is 2.48. The molecule has 0 saturated heterocycles. The molecule has 0 atom stereocenters. The highest BCUT2D eigenvalue weighted by atomic mass is 32.2. The first-order chi connectivity index (χ1) is 11.4. The van der Waals surface area contributed by atoms with Crippen molar-refractivity contribution >= 4 is 15.8 Å². The van der Waals surface area contributed by atoms with Crippen LogP contribution in [0.3, 0.4) is 0 Å². The van der Waals surface area contributed by atoms with Crippen molar-refractivity contribution in [2.45, 2.75) is 30.9 Å². The zero-order chi connectivity index (χ0) is 18.9. The number of alkyl halides is 6. The first-order valence-corrected chi connectivity index (χ1v) is 8.19. The normalized spacial score (nSPS) is 17.3. The van der Waals surface area contributed by atoms with E-state index in [0.29, 0.717) is 30.4 Å².